The third-order valence-electron chi connectivity index (χ3n) is 3.04. The number of carbonyl (C=O) groups excluding carboxylic acids is 1. The van der Waals surface area contributed by atoms with Crippen molar-refractivity contribution in [3.8, 4) is 0 Å². The maximum Gasteiger partial charge on any atom is 0.435 e. The van der Waals surface area contributed by atoms with Gasteiger partial charge in [0.2, 0.25) is 0 Å². The molecule has 25 heavy (non-hydrogen) atoms. The van der Waals surface area contributed by atoms with Crippen LogP contribution in [0.1, 0.15) is 11.3 Å². The first-order chi connectivity index (χ1) is 11.6. The number of halogens is 6. The number of para-hydroxylation sites is 1. The summed E-state index contributed by atoms with van der Waals surface area (Å²) in [5.74, 6) is 0. The summed E-state index contributed by atoms with van der Waals surface area (Å²) in [7, 11) is 0. The number of nitrogens with zero attached hydrogens (tertiary/aromatic N) is 2. The summed E-state index contributed by atoms with van der Waals surface area (Å²) >= 11 is 0. The van der Waals surface area contributed by atoms with Crippen LogP contribution >= 0.6 is 0 Å². The fourth-order valence-corrected chi connectivity index (χ4v) is 1.93. The number of urea groups is 1. The topological polar surface area (TPSA) is 59.0 Å². The van der Waals surface area contributed by atoms with E-state index in [4.69, 9.17) is 0 Å². The summed E-state index contributed by atoms with van der Waals surface area (Å²) in [5.41, 5.74) is -2.51. The summed E-state index contributed by atoms with van der Waals surface area (Å²) in [5, 5.41) is 7.58. The standard InChI is InChI=1S/C14H12F6N4O/c15-13(16,17)9-3-1-2-4-10(9)22-12(25)21-6-8-24-7-5-11(23-24)14(18,19)20/h1-5,7H,6,8H2,(H2,21,22,25). The van der Waals surface area contributed by atoms with Gasteiger partial charge in [0, 0.05) is 12.7 Å². The van der Waals surface area contributed by atoms with Crippen molar-refractivity contribution in [2.45, 2.75) is 18.9 Å². The molecule has 0 aliphatic carbocycles. The van der Waals surface area contributed by atoms with Gasteiger partial charge in [0.1, 0.15) is 0 Å². The lowest BCUT2D eigenvalue weighted by Crippen LogP contribution is -2.32. The van der Waals surface area contributed by atoms with Crippen molar-refractivity contribution in [3.05, 3.63) is 47.8 Å². The van der Waals surface area contributed by atoms with Crippen molar-refractivity contribution in [2.24, 2.45) is 0 Å². The van der Waals surface area contributed by atoms with E-state index in [1.165, 1.54) is 12.1 Å². The Bertz CT molecular complexity index is 737. The van der Waals surface area contributed by atoms with Gasteiger partial charge in [-0.05, 0) is 18.2 Å². The molecule has 0 aliphatic heterocycles. The quantitative estimate of drug-likeness (QED) is 0.810. The van der Waals surface area contributed by atoms with Gasteiger partial charge in [-0.3, -0.25) is 4.68 Å². The average Bonchev–Trinajstić information content (AvgIpc) is 2.95. The number of alkyl halides is 6. The van der Waals surface area contributed by atoms with Crippen LogP contribution in [0.4, 0.5) is 36.8 Å². The van der Waals surface area contributed by atoms with Gasteiger partial charge < -0.3 is 10.6 Å². The van der Waals surface area contributed by atoms with Gasteiger partial charge in [0.25, 0.3) is 0 Å². The second kappa shape index (κ2) is 7.03. The normalized spacial score (nSPS) is 12.1. The molecule has 1 aromatic carbocycles. The molecule has 1 heterocycles. The zero-order chi connectivity index (χ0) is 18.7. The van der Waals surface area contributed by atoms with E-state index in [9.17, 15) is 31.1 Å². The van der Waals surface area contributed by atoms with Crippen LogP contribution in [0, 0.1) is 0 Å². The monoisotopic (exact) mass is 366 g/mol. The van der Waals surface area contributed by atoms with Crippen LogP contribution in [0.5, 0.6) is 0 Å². The number of hydrogen-bond donors (Lipinski definition) is 2. The summed E-state index contributed by atoms with van der Waals surface area (Å²) in [4.78, 5) is 11.6. The number of amides is 2. The maximum absolute atomic E-state index is 12.8. The Kier molecular flexibility index (Phi) is 5.24. The van der Waals surface area contributed by atoms with Gasteiger partial charge in [-0.1, -0.05) is 12.1 Å². The molecule has 0 aliphatic rings. The molecule has 0 saturated heterocycles. The second-order valence-corrected chi connectivity index (χ2v) is 4.89. The lowest BCUT2D eigenvalue weighted by atomic mass is 10.1. The van der Waals surface area contributed by atoms with Crippen molar-refractivity contribution in [1.29, 1.82) is 0 Å². The fraction of sp³-hybridized carbons (Fsp3) is 0.286. The molecular formula is C14H12F6N4O. The SMILES string of the molecule is O=C(NCCn1ccc(C(F)(F)F)n1)Nc1ccccc1C(F)(F)F. The van der Waals surface area contributed by atoms with Gasteiger partial charge in [0.15, 0.2) is 5.69 Å². The molecule has 0 atom stereocenters. The van der Waals surface area contributed by atoms with Crippen LogP contribution in [0.15, 0.2) is 36.5 Å². The molecule has 0 spiro atoms. The average molecular weight is 366 g/mol. The van der Waals surface area contributed by atoms with Crippen LogP contribution in [0.2, 0.25) is 0 Å². The number of nitrogens with one attached hydrogen (secondary N) is 2. The van der Waals surface area contributed by atoms with Gasteiger partial charge in [-0.25, -0.2) is 4.79 Å². The minimum Gasteiger partial charge on any atom is -0.336 e. The molecule has 0 radical (unpaired) electrons. The van der Waals surface area contributed by atoms with Crippen molar-refractivity contribution in [2.75, 3.05) is 11.9 Å². The van der Waals surface area contributed by atoms with Crippen molar-refractivity contribution >= 4 is 11.7 Å². The van der Waals surface area contributed by atoms with Crippen LogP contribution in [-0.4, -0.2) is 22.4 Å². The van der Waals surface area contributed by atoms with Gasteiger partial charge >= 0.3 is 18.4 Å². The van der Waals surface area contributed by atoms with E-state index in [1.807, 2.05) is 0 Å². The minimum atomic E-state index is -4.63. The Balaban J connectivity index is 1.89. The molecule has 5 nitrogen and oxygen atoms in total. The van der Waals surface area contributed by atoms with E-state index < -0.39 is 35.3 Å². The van der Waals surface area contributed by atoms with Crippen LogP contribution in [-0.2, 0) is 18.9 Å². The number of rotatable bonds is 4. The van der Waals surface area contributed by atoms with E-state index in [1.54, 1.807) is 0 Å². The Labute approximate surface area is 137 Å². The molecule has 0 unspecified atom stereocenters. The lowest BCUT2D eigenvalue weighted by molar-refractivity contribution is -0.141. The fourth-order valence-electron chi connectivity index (χ4n) is 1.93. The lowest BCUT2D eigenvalue weighted by Gasteiger charge is -2.14. The zero-order valence-electron chi connectivity index (χ0n) is 12.4. The third kappa shape index (κ3) is 5.13. The highest BCUT2D eigenvalue weighted by Crippen LogP contribution is 2.34. The first-order valence-corrected chi connectivity index (χ1v) is 6.89. The number of benzene rings is 1. The van der Waals surface area contributed by atoms with Crippen molar-refractivity contribution in [3.63, 3.8) is 0 Å². The second-order valence-electron chi connectivity index (χ2n) is 4.89. The van der Waals surface area contributed by atoms with E-state index in [2.05, 4.69) is 15.7 Å². The van der Waals surface area contributed by atoms with E-state index in [0.717, 1.165) is 29.1 Å². The van der Waals surface area contributed by atoms with E-state index in [0.29, 0.717) is 0 Å². The third-order valence-corrected chi connectivity index (χ3v) is 3.04. The summed E-state index contributed by atoms with van der Waals surface area (Å²) in [6, 6.07) is 4.28. The molecule has 2 amide bonds. The van der Waals surface area contributed by atoms with E-state index in [-0.39, 0.29) is 13.1 Å². The molecule has 2 N–H and O–H groups in total. The smallest absolute Gasteiger partial charge is 0.336 e. The molecule has 2 aromatic rings. The summed E-state index contributed by atoms with van der Waals surface area (Å²) < 4.78 is 76.5. The van der Waals surface area contributed by atoms with Crippen molar-refractivity contribution in [1.82, 2.24) is 15.1 Å². The maximum atomic E-state index is 12.8. The number of aromatic nitrogens is 2. The van der Waals surface area contributed by atoms with Crippen LogP contribution in [0.25, 0.3) is 0 Å². The first-order valence-electron chi connectivity index (χ1n) is 6.89. The summed E-state index contributed by atoms with van der Waals surface area (Å²) in [6.45, 7) is -0.205. The Morgan fingerprint density at radius 2 is 1.72 bits per heavy atom. The number of anilines is 1. The van der Waals surface area contributed by atoms with E-state index >= 15 is 0 Å². The zero-order valence-corrected chi connectivity index (χ0v) is 12.4. The summed E-state index contributed by atoms with van der Waals surface area (Å²) in [6.07, 6.45) is -8.12. The van der Waals surface area contributed by atoms with Crippen molar-refractivity contribution < 1.29 is 31.1 Å². The Morgan fingerprint density at radius 1 is 1.04 bits per heavy atom. The van der Waals surface area contributed by atoms with Gasteiger partial charge in [0.05, 0.1) is 17.8 Å². The van der Waals surface area contributed by atoms with Gasteiger partial charge in [-0.2, -0.15) is 31.4 Å². The van der Waals surface area contributed by atoms with Crippen LogP contribution in [0.3, 0.4) is 0 Å². The molecule has 136 valence electrons. The molecular weight excluding hydrogens is 354 g/mol. The number of carbonyl (C=O) groups is 1. The molecule has 0 fully saturated rings. The Morgan fingerprint density at radius 3 is 2.32 bits per heavy atom. The first kappa shape index (κ1) is 18.6. The molecule has 0 saturated carbocycles. The highest BCUT2D eigenvalue weighted by atomic mass is 19.4. The number of hydrogen-bond acceptors (Lipinski definition) is 2. The molecule has 0 bridgehead atoms. The predicted octanol–water partition coefficient (Wildman–Crippen LogP) is 3.74. The molecule has 2 rings (SSSR count). The predicted molar refractivity (Wildman–Crippen MR) is 75.7 cm³/mol. The molecule has 11 heteroatoms. The Hall–Kier alpha value is -2.72. The molecule has 1 aromatic heterocycles. The minimum absolute atomic E-state index is 0.0790. The van der Waals surface area contributed by atoms with Crippen LogP contribution < -0.4 is 10.6 Å². The highest BCUT2D eigenvalue weighted by molar-refractivity contribution is 5.90. The largest absolute Gasteiger partial charge is 0.435 e. The van der Waals surface area contributed by atoms with Gasteiger partial charge in [-0.15, -0.1) is 0 Å². The highest BCUT2D eigenvalue weighted by Gasteiger charge is 2.34.